The number of aryl methyl sites for hydroxylation is 2. The van der Waals surface area contributed by atoms with Crippen molar-refractivity contribution in [2.75, 3.05) is 26.2 Å². The monoisotopic (exact) mass is 450 g/mol. The number of ketones is 1. The molecule has 0 bridgehead atoms. The van der Waals surface area contributed by atoms with E-state index >= 15 is 0 Å². The van der Waals surface area contributed by atoms with E-state index in [-0.39, 0.29) is 11.3 Å². The van der Waals surface area contributed by atoms with E-state index in [0.29, 0.717) is 23.7 Å². The average molecular weight is 451 g/mol. The van der Waals surface area contributed by atoms with Crippen molar-refractivity contribution in [3.05, 3.63) is 57.9 Å². The Balaban J connectivity index is 1.80. The lowest BCUT2D eigenvalue weighted by atomic mass is 9.93. The van der Waals surface area contributed by atoms with Crippen LogP contribution in [0.4, 0.5) is 0 Å². The Morgan fingerprint density at radius 3 is 2.27 bits per heavy atom. The molecule has 4 rings (SSSR count). The minimum Gasteiger partial charge on any atom is -0.507 e. The van der Waals surface area contributed by atoms with E-state index in [9.17, 15) is 14.7 Å². The van der Waals surface area contributed by atoms with Crippen molar-refractivity contribution in [1.82, 2.24) is 19.6 Å². The fraction of sp³-hybridized carbons (Fsp3) is 0.500. The van der Waals surface area contributed by atoms with Crippen molar-refractivity contribution in [2.24, 2.45) is 7.05 Å². The van der Waals surface area contributed by atoms with Crippen molar-refractivity contribution in [3.63, 3.8) is 0 Å². The Kier molecular flexibility index (Phi) is 6.43. The van der Waals surface area contributed by atoms with Crippen LogP contribution in [0.3, 0.4) is 0 Å². The molecule has 7 nitrogen and oxygen atoms in total. The molecule has 2 aliphatic heterocycles. The number of carbonyl (C=O) groups excluding carboxylic acids is 2. The lowest BCUT2D eigenvalue weighted by Gasteiger charge is -2.27. The standard InChI is InChI=1S/C26H34N4O3/c1-16(2)19-8-10-20(11-9-19)23-22(24(31)21-17(3)27-28(5)18(21)4)25(32)26(33)30(23)15-14-29-12-6-7-13-29/h8-11,16,23,31H,6-7,12-15H2,1-5H3/b24-22+. The van der Waals surface area contributed by atoms with Crippen molar-refractivity contribution in [1.29, 1.82) is 0 Å². The quantitative estimate of drug-likeness (QED) is 0.413. The number of carbonyl (C=O) groups is 2. The number of nitrogens with zero attached hydrogens (tertiary/aromatic N) is 4. The number of likely N-dealkylation sites (tertiary alicyclic amines) is 2. The number of aliphatic hydroxyl groups excluding tert-OH is 1. The highest BCUT2D eigenvalue weighted by Gasteiger charge is 2.46. The van der Waals surface area contributed by atoms with Gasteiger partial charge < -0.3 is 14.9 Å². The third kappa shape index (κ3) is 4.22. The number of benzene rings is 1. The van der Waals surface area contributed by atoms with Gasteiger partial charge in [0.25, 0.3) is 11.7 Å². The summed E-state index contributed by atoms with van der Waals surface area (Å²) in [5.41, 5.74) is 4.08. The van der Waals surface area contributed by atoms with Gasteiger partial charge in [0.15, 0.2) is 0 Å². The summed E-state index contributed by atoms with van der Waals surface area (Å²) in [6.45, 7) is 11.1. The molecule has 33 heavy (non-hydrogen) atoms. The molecule has 1 atom stereocenters. The third-order valence-electron chi connectivity index (χ3n) is 7.06. The zero-order valence-corrected chi connectivity index (χ0v) is 20.3. The Morgan fingerprint density at radius 2 is 1.73 bits per heavy atom. The van der Waals surface area contributed by atoms with Gasteiger partial charge in [0.1, 0.15) is 5.76 Å². The van der Waals surface area contributed by atoms with Crippen LogP contribution in [0.15, 0.2) is 29.8 Å². The molecule has 7 heteroatoms. The van der Waals surface area contributed by atoms with Crippen molar-refractivity contribution < 1.29 is 14.7 Å². The fourth-order valence-corrected chi connectivity index (χ4v) is 5.03. The zero-order chi connectivity index (χ0) is 23.9. The summed E-state index contributed by atoms with van der Waals surface area (Å²) in [4.78, 5) is 30.4. The summed E-state index contributed by atoms with van der Waals surface area (Å²) >= 11 is 0. The maximum absolute atomic E-state index is 13.3. The molecular weight excluding hydrogens is 416 g/mol. The number of amides is 1. The van der Waals surface area contributed by atoms with Gasteiger partial charge in [-0.2, -0.15) is 5.10 Å². The molecule has 3 heterocycles. The van der Waals surface area contributed by atoms with Crippen molar-refractivity contribution in [3.8, 4) is 0 Å². The van der Waals surface area contributed by atoms with E-state index in [1.54, 1.807) is 23.6 Å². The van der Waals surface area contributed by atoms with Gasteiger partial charge in [-0.3, -0.25) is 14.3 Å². The Morgan fingerprint density at radius 1 is 1.09 bits per heavy atom. The van der Waals surface area contributed by atoms with Crippen LogP contribution in [0.2, 0.25) is 0 Å². The van der Waals surface area contributed by atoms with Gasteiger partial charge in [0.2, 0.25) is 0 Å². The average Bonchev–Trinajstić information content (AvgIpc) is 3.45. The van der Waals surface area contributed by atoms with Crippen LogP contribution >= 0.6 is 0 Å². The molecule has 2 aromatic rings. The Labute approximate surface area is 195 Å². The molecule has 2 saturated heterocycles. The maximum Gasteiger partial charge on any atom is 0.295 e. The smallest absolute Gasteiger partial charge is 0.295 e. The normalized spacial score (nSPS) is 21.0. The summed E-state index contributed by atoms with van der Waals surface area (Å²) in [7, 11) is 1.80. The van der Waals surface area contributed by atoms with Crippen LogP contribution in [0.5, 0.6) is 0 Å². The topological polar surface area (TPSA) is 78.7 Å². The van der Waals surface area contributed by atoms with E-state index in [4.69, 9.17) is 0 Å². The van der Waals surface area contributed by atoms with Gasteiger partial charge in [-0.25, -0.2) is 0 Å². The van der Waals surface area contributed by atoms with E-state index in [1.807, 2.05) is 31.2 Å². The van der Waals surface area contributed by atoms with Gasteiger partial charge in [-0.05, 0) is 56.8 Å². The molecular formula is C26H34N4O3. The molecule has 176 valence electrons. The van der Waals surface area contributed by atoms with Crippen LogP contribution in [0, 0.1) is 13.8 Å². The molecule has 2 fully saturated rings. The third-order valence-corrected chi connectivity index (χ3v) is 7.06. The minimum absolute atomic E-state index is 0.141. The van der Waals surface area contributed by atoms with E-state index < -0.39 is 17.7 Å². The molecule has 1 aromatic heterocycles. The van der Waals surface area contributed by atoms with Crippen LogP contribution < -0.4 is 0 Å². The fourth-order valence-electron chi connectivity index (χ4n) is 5.03. The van der Waals surface area contributed by atoms with Gasteiger partial charge in [0.05, 0.1) is 22.9 Å². The summed E-state index contributed by atoms with van der Waals surface area (Å²) in [5, 5.41) is 15.8. The molecule has 2 aliphatic rings. The van der Waals surface area contributed by atoms with Crippen LogP contribution in [0.25, 0.3) is 5.76 Å². The first kappa shape index (κ1) is 23.2. The van der Waals surface area contributed by atoms with Crippen LogP contribution in [0.1, 0.15) is 66.7 Å². The zero-order valence-electron chi connectivity index (χ0n) is 20.3. The SMILES string of the molecule is Cc1nn(C)c(C)c1/C(O)=C1\C(=O)C(=O)N(CCN2CCCC2)C1c1ccc(C(C)C)cc1. The number of Topliss-reactive ketones (excluding diaryl/α,β-unsaturated/α-hetero) is 1. The Bertz CT molecular complexity index is 1090. The highest BCUT2D eigenvalue weighted by Crippen LogP contribution is 2.40. The van der Waals surface area contributed by atoms with Crippen molar-refractivity contribution >= 4 is 17.4 Å². The summed E-state index contributed by atoms with van der Waals surface area (Å²) in [5.74, 6) is -0.943. The molecule has 1 aromatic carbocycles. The number of hydrogen-bond acceptors (Lipinski definition) is 5. The molecule has 0 saturated carbocycles. The lowest BCUT2D eigenvalue weighted by Crippen LogP contribution is -2.37. The van der Waals surface area contributed by atoms with E-state index in [0.717, 1.165) is 30.9 Å². The van der Waals surface area contributed by atoms with E-state index in [2.05, 4.69) is 23.8 Å². The first-order valence-corrected chi connectivity index (χ1v) is 11.8. The first-order valence-electron chi connectivity index (χ1n) is 11.8. The largest absolute Gasteiger partial charge is 0.507 e. The van der Waals surface area contributed by atoms with Gasteiger partial charge in [-0.1, -0.05) is 38.1 Å². The second-order valence-corrected chi connectivity index (χ2v) is 9.53. The number of rotatable bonds is 6. The number of aliphatic hydroxyl groups is 1. The molecule has 1 N–H and O–H groups in total. The molecule has 1 unspecified atom stereocenters. The predicted octanol–water partition coefficient (Wildman–Crippen LogP) is 3.68. The highest BCUT2D eigenvalue weighted by atomic mass is 16.3. The van der Waals surface area contributed by atoms with Gasteiger partial charge >= 0.3 is 0 Å². The van der Waals surface area contributed by atoms with Crippen LogP contribution in [-0.4, -0.2) is 62.6 Å². The Hall–Kier alpha value is -2.93. The first-order chi connectivity index (χ1) is 15.7. The maximum atomic E-state index is 13.3. The second kappa shape index (κ2) is 9.14. The summed E-state index contributed by atoms with van der Waals surface area (Å²) in [6.07, 6.45) is 2.33. The number of hydrogen-bond donors (Lipinski definition) is 1. The minimum atomic E-state index is -0.630. The lowest BCUT2D eigenvalue weighted by molar-refractivity contribution is -0.140. The second-order valence-electron chi connectivity index (χ2n) is 9.53. The van der Waals surface area contributed by atoms with E-state index in [1.165, 1.54) is 18.4 Å². The predicted molar refractivity (Wildman–Crippen MR) is 128 cm³/mol. The molecule has 0 radical (unpaired) electrons. The summed E-state index contributed by atoms with van der Waals surface area (Å²) < 4.78 is 1.68. The van der Waals surface area contributed by atoms with Gasteiger partial charge in [-0.15, -0.1) is 0 Å². The number of aromatic nitrogens is 2. The molecule has 0 aliphatic carbocycles. The summed E-state index contributed by atoms with van der Waals surface area (Å²) in [6, 6.07) is 7.42. The molecule has 1 amide bonds. The highest BCUT2D eigenvalue weighted by molar-refractivity contribution is 6.46. The van der Waals surface area contributed by atoms with Crippen molar-refractivity contribution in [2.45, 2.75) is 52.5 Å². The molecule has 0 spiro atoms. The van der Waals surface area contributed by atoms with Crippen LogP contribution in [-0.2, 0) is 16.6 Å². The van der Waals surface area contributed by atoms with Gasteiger partial charge in [0, 0.05) is 25.8 Å².